The lowest BCUT2D eigenvalue weighted by atomic mass is 9.70. The van der Waals surface area contributed by atoms with E-state index < -0.39 is 0 Å². The number of benzene rings is 8. The zero-order valence-corrected chi connectivity index (χ0v) is 31.4. The Labute approximate surface area is 332 Å². The summed E-state index contributed by atoms with van der Waals surface area (Å²) in [5.74, 6) is 0. The van der Waals surface area contributed by atoms with Crippen LogP contribution in [0.4, 0.5) is 11.4 Å². The number of nitrogens with zero attached hydrogens (tertiary/aromatic N) is 2. The Hall–Kier alpha value is -7.16. The van der Waals surface area contributed by atoms with Gasteiger partial charge >= 0.3 is 0 Å². The Bertz CT molecular complexity index is 3080. The van der Waals surface area contributed by atoms with Crippen molar-refractivity contribution in [2.45, 2.75) is 18.3 Å². The van der Waals surface area contributed by atoms with E-state index in [9.17, 15) is 0 Å². The Morgan fingerprint density at radius 1 is 0.404 bits per heavy atom. The quantitative estimate of drug-likeness (QED) is 0.171. The molecule has 0 saturated carbocycles. The number of aromatic nitrogens is 1. The zero-order valence-electron chi connectivity index (χ0n) is 31.4. The first-order valence-electron chi connectivity index (χ1n) is 20.1. The minimum Gasteiger partial charge on any atom is -0.314 e. The van der Waals surface area contributed by atoms with Crippen LogP contribution in [0.1, 0.15) is 40.7 Å². The summed E-state index contributed by atoms with van der Waals surface area (Å²) in [7, 11) is 0. The molecule has 0 bridgehead atoms. The van der Waals surface area contributed by atoms with Crippen LogP contribution in [0.25, 0.3) is 55.3 Å². The van der Waals surface area contributed by atoms with Crippen LogP contribution in [0.5, 0.6) is 0 Å². The van der Waals surface area contributed by atoms with Crippen LogP contribution in [-0.4, -0.2) is 4.57 Å². The maximum Gasteiger partial charge on any atom is 0.0725 e. The lowest BCUT2D eigenvalue weighted by Gasteiger charge is -2.31. The average Bonchev–Trinajstić information content (AvgIpc) is 3.89. The van der Waals surface area contributed by atoms with Crippen LogP contribution < -0.4 is 4.90 Å². The maximum atomic E-state index is 2.47. The molecule has 3 aliphatic carbocycles. The summed E-state index contributed by atoms with van der Waals surface area (Å²) in [5.41, 5.74) is 20.6. The van der Waals surface area contributed by atoms with Gasteiger partial charge in [0.15, 0.2) is 0 Å². The van der Waals surface area contributed by atoms with E-state index in [1.807, 2.05) is 0 Å². The van der Waals surface area contributed by atoms with Crippen LogP contribution in [0, 0.1) is 0 Å². The average molecular weight is 727 g/mol. The minimum absolute atomic E-state index is 0.336. The van der Waals surface area contributed by atoms with Gasteiger partial charge in [-0.25, -0.2) is 0 Å². The zero-order chi connectivity index (χ0) is 37.5. The SMILES string of the molecule is C1=C(c2cccc3c2-c2ccccc2C32c3ccccc3-c3ccccc32)CCC(N(c2ccccc2)c2ccc3c(c2)c2ccccc2n3-c2ccccc2)=C1. The van der Waals surface area contributed by atoms with Crippen molar-refractivity contribution in [2.75, 3.05) is 4.90 Å². The van der Waals surface area contributed by atoms with Crippen LogP contribution >= 0.6 is 0 Å². The van der Waals surface area contributed by atoms with Gasteiger partial charge in [0.1, 0.15) is 0 Å². The molecule has 12 rings (SSSR count). The van der Waals surface area contributed by atoms with Crippen LogP contribution in [-0.2, 0) is 5.41 Å². The van der Waals surface area contributed by atoms with Gasteiger partial charge in [-0.2, -0.15) is 0 Å². The molecule has 9 aromatic rings. The lowest BCUT2D eigenvalue weighted by molar-refractivity contribution is 0.793. The van der Waals surface area contributed by atoms with Gasteiger partial charge in [0.25, 0.3) is 0 Å². The molecule has 268 valence electrons. The van der Waals surface area contributed by atoms with Gasteiger partial charge in [-0.1, -0.05) is 152 Å². The summed E-state index contributed by atoms with van der Waals surface area (Å²) >= 11 is 0. The number of hydrogen-bond acceptors (Lipinski definition) is 1. The van der Waals surface area contributed by atoms with Crippen molar-refractivity contribution in [2.24, 2.45) is 0 Å². The van der Waals surface area contributed by atoms with E-state index in [0.29, 0.717) is 0 Å². The fourth-order valence-electron chi connectivity index (χ4n) is 10.5. The third-order valence-corrected chi connectivity index (χ3v) is 12.7. The van der Waals surface area contributed by atoms with Crippen molar-refractivity contribution in [3.8, 4) is 27.9 Å². The highest BCUT2D eigenvalue weighted by atomic mass is 15.1. The first-order valence-corrected chi connectivity index (χ1v) is 20.1. The number of rotatable bonds is 5. The molecule has 0 fully saturated rings. The fraction of sp³-hybridized carbons (Fsp3) is 0.0545. The first kappa shape index (κ1) is 32.1. The summed E-state index contributed by atoms with van der Waals surface area (Å²) < 4.78 is 2.39. The van der Waals surface area contributed by atoms with Gasteiger partial charge in [0.05, 0.1) is 16.4 Å². The molecular weight excluding hydrogens is 689 g/mol. The molecule has 0 amide bonds. The summed E-state index contributed by atoms with van der Waals surface area (Å²) in [5, 5.41) is 2.51. The fourth-order valence-corrected chi connectivity index (χ4v) is 10.5. The maximum absolute atomic E-state index is 2.47. The Morgan fingerprint density at radius 3 is 1.70 bits per heavy atom. The van der Waals surface area contributed by atoms with Crippen LogP contribution in [0.15, 0.2) is 212 Å². The second-order valence-electron chi connectivity index (χ2n) is 15.5. The number of fused-ring (bicyclic) bond motifs is 13. The monoisotopic (exact) mass is 726 g/mol. The van der Waals surface area contributed by atoms with E-state index in [0.717, 1.165) is 12.8 Å². The molecule has 1 spiro atoms. The Kier molecular flexibility index (Phi) is 7.00. The van der Waals surface area contributed by atoms with Crippen LogP contribution in [0.3, 0.4) is 0 Å². The lowest BCUT2D eigenvalue weighted by Crippen LogP contribution is -2.25. The molecular formula is C55H38N2. The smallest absolute Gasteiger partial charge is 0.0725 e. The number of para-hydroxylation sites is 3. The van der Waals surface area contributed by atoms with Crippen molar-refractivity contribution in [1.29, 1.82) is 0 Å². The van der Waals surface area contributed by atoms with Crippen molar-refractivity contribution in [3.05, 3.63) is 240 Å². The molecule has 1 aromatic heterocycles. The molecule has 0 radical (unpaired) electrons. The number of allylic oxidation sites excluding steroid dienone is 4. The first-order chi connectivity index (χ1) is 28.3. The summed E-state index contributed by atoms with van der Waals surface area (Å²) in [4.78, 5) is 2.47. The summed E-state index contributed by atoms with van der Waals surface area (Å²) in [6.07, 6.45) is 6.64. The van der Waals surface area contributed by atoms with Crippen molar-refractivity contribution in [3.63, 3.8) is 0 Å². The van der Waals surface area contributed by atoms with Gasteiger partial charge < -0.3 is 9.47 Å². The molecule has 2 heteroatoms. The van der Waals surface area contributed by atoms with Gasteiger partial charge in [-0.15, -0.1) is 0 Å². The minimum atomic E-state index is -0.336. The summed E-state index contributed by atoms with van der Waals surface area (Å²) in [6, 6.07) is 71.7. The van der Waals surface area contributed by atoms with E-state index >= 15 is 0 Å². The van der Waals surface area contributed by atoms with E-state index in [1.165, 1.54) is 100 Å². The molecule has 0 N–H and O–H groups in total. The van der Waals surface area contributed by atoms with Crippen LogP contribution in [0.2, 0.25) is 0 Å². The van der Waals surface area contributed by atoms with Gasteiger partial charge in [-0.3, -0.25) is 0 Å². The second-order valence-corrected chi connectivity index (χ2v) is 15.5. The Balaban J connectivity index is 1.01. The largest absolute Gasteiger partial charge is 0.314 e. The van der Waals surface area contributed by atoms with Gasteiger partial charge in [0.2, 0.25) is 0 Å². The third-order valence-electron chi connectivity index (χ3n) is 12.7. The molecule has 2 nitrogen and oxygen atoms in total. The van der Waals surface area contributed by atoms with E-state index in [1.54, 1.807) is 0 Å². The normalized spacial score (nSPS) is 14.5. The molecule has 3 aliphatic rings. The van der Waals surface area contributed by atoms with E-state index in [-0.39, 0.29) is 5.41 Å². The predicted molar refractivity (Wildman–Crippen MR) is 237 cm³/mol. The topological polar surface area (TPSA) is 8.17 Å². The number of anilines is 2. The van der Waals surface area contributed by atoms with Gasteiger partial charge in [0, 0.05) is 33.5 Å². The van der Waals surface area contributed by atoms with Crippen molar-refractivity contribution >= 4 is 38.8 Å². The third kappa shape index (κ3) is 4.53. The van der Waals surface area contributed by atoms with Crippen molar-refractivity contribution < 1.29 is 0 Å². The number of hydrogen-bond donors (Lipinski definition) is 0. The summed E-state index contributed by atoms with van der Waals surface area (Å²) in [6.45, 7) is 0. The standard InChI is InChI=1S/C55H38N2/c1-3-16-38(17-4-1)56(41-34-35-53-47(36-41)45-22-10-14-29-52(45)57(53)39-18-5-2-6-19-39)40-32-30-37(31-33-40)42-24-15-28-51-54(42)46-23-9-13-27-50(46)55(51)48-25-11-7-20-43(48)44-21-8-12-26-49(44)55/h1-30,32,34-36H,31,33H2. The molecule has 57 heavy (non-hydrogen) atoms. The van der Waals surface area contributed by atoms with E-state index in [4.69, 9.17) is 0 Å². The highest BCUT2D eigenvalue weighted by Gasteiger charge is 2.52. The van der Waals surface area contributed by atoms with Gasteiger partial charge in [-0.05, 0) is 123 Å². The highest BCUT2D eigenvalue weighted by Crippen LogP contribution is 2.63. The molecule has 1 heterocycles. The Morgan fingerprint density at radius 2 is 0.982 bits per heavy atom. The van der Waals surface area contributed by atoms with E-state index in [2.05, 4.69) is 216 Å². The molecule has 0 aliphatic heterocycles. The molecule has 8 aromatic carbocycles. The molecule has 0 saturated heterocycles. The molecule has 0 atom stereocenters. The predicted octanol–water partition coefficient (Wildman–Crippen LogP) is 14.0. The second kappa shape index (κ2) is 12.4. The molecule has 0 unspecified atom stereocenters. The van der Waals surface area contributed by atoms with Crippen molar-refractivity contribution in [1.82, 2.24) is 4.57 Å². The highest BCUT2D eigenvalue weighted by molar-refractivity contribution is 6.10.